The van der Waals surface area contributed by atoms with Crippen LogP contribution >= 0.6 is 15.9 Å². The van der Waals surface area contributed by atoms with E-state index in [1.165, 1.54) is 12.1 Å². The summed E-state index contributed by atoms with van der Waals surface area (Å²) in [6, 6.07) is 3.87. The molecule has 0 heterocycles. The molecule has 2 amide bonds. The first-order chi connectivity index (χ1) is 8.34. The zero-order valence-corrected chi connectivity index (χ0v) is 11.8. The van der Waals surface area contributed by atoms with Gasteiger partial charge in [0.25, 0.3) is 0 Å². The highest BCUT2D eigenvalue weighted by atomic mass is 79.9. The molecule has 4 nitrogen and oxygen atoms in total. The third-order valence-corrected chi connectivity index (χ3v) is 2.86. The third kappa shape index (κ3) is 4.62. The van der Waals surface area contributed by atoms with Crippen LogP contribution in [0.1, 0.15) is 20.3 Å². The highest BCUT2D eigenvalue weighted by molar-refractivity contribution is 9.10. The quantitative estimate of drug-likeness (QED) is 0.799. The van der Waals surface area contributed by atoms with E-state index in [1.807, 2.05) is 0 Å². The van der Waals surface area contributed by atoms with Gasteiger partial charge in [-0.2, -0.15) is 0 Å². The van der Waals surface area contributed by atoms with Crippen molar-refractivity contribution in [3.05, 3.63) is 28.5 Å². The summed E-state index contributed by atoms with van der Waals surface area (Å²) in [7, 11) is 0. The van der Waals surface area contributed by atoms with Crippen LogP contribution in [0.4, 0.5) is 14.9 Å². The fourth-order valence-electron chi connectivity index (χ4n) is 1.39. The van der Waals surface area contributed by atoms with E-state index in [0.717, 1.165) is 0 Å². The number of nitrogens with one attached hydrogen (secondary N) is 2. The van der Waals surface area contributed by atoms with Crippen LogP contribution in [0, 0.1) is 5.82 Å². The van der Waals surface area contributed by atoms with Gasteiger partial charge >= 0.3 is 6.03 Å². The second kappa shape index (κ2) is 6.15. The predicted octanol–water partition coefficient (Wildman–Crippen LogP) is 2.87. The van der Waals surface area contributed by atoms with Crippen molar-refractivity contribution in [3.8, 4) is 0 Å². The minimum Gasteiger partial charge on any atom is -0.396 e. The van der Waals surface area contributed by atoms with Crippen LogP contribution in [-0.2, 0) is 0 Å². The van der Waals surface area contributed by atoms with Gasteiger partial charge in [-0.25, -0.2) is 9.18 Å². The van der Waals surface area contributed by atoms with E-state index in [0.29, 0.717) is 10.9 Å². The van der Waals surface area contributed by atoms with Crippen LogP contribution in [0.3, 0.4) is 0 Å². The van der Waals surface area contributed by atoms with Gasteiger partial charge in [0.1, 0.15) is 5.82 Å². The Hall–Kier alpha value is -1.14. The minimum atomic E-state index is -0.551. The van der Waals surface area contributed by atoms with Gasteiger partial charge in [0.2, 0.25) is 0 Å². The second-order valence-corrected chi connectivity index (χ2v) is 5.48. The average molecular weight is 319 g/mol. The normalized spacial score (nSPS) is 11.2. The highest BCUT2D eigenvalue weighted by Gasteiger charge is 2.20. The maximum absolute atomic E-state index is 13.5. The summed E-state index contributed by atoms with van der Waals surface area (Å²) in [6.07, 6.45) is 0.420. The van der Waals surface area contributed by atoms with Gasteiger partial charge < -0.3 is 15.7 Å². The number of carbonyl (C=O) groups is 1. The lowest BCUT2D eigenvalue weighted by molar-refractivity contribution is 0.218. The number of benzene rings is 1. The molecule has 0 saturated heterocycles. The van der Waals surface area contributed by atoms with E-state index in [9.17, 15) is 9.18 Å². The number of halogens is 2. The van der Waals surface area contributed by atoms with E-state index in [1.54, 1.807) is 19.9 Å². The summed E-state index contributed by atoms with van der Waals surface area (Å²) < 4.78 is 14.1. The molecule has 0 aliphatic heterocycles. The van der Waals surface area contributed by atoms with Crippen molar-refractivity contribution in [1.29, 1.82) is 0 Å². The fraction of sp³-hybridized carbons (Fsp3) is 0.417. The van der Waals surface area contributed by atoms with Gasteiger partial charge in [-0.15, -0.1) is 0 Å². The molecule has 18 heavy (non-hydrogen) atoms. The summed E-state index contributed by atoms with van der Waals surface area (Å²) in [5, 5.41) is 13.9. The van der Waals surface area contributed by atoms with Gasteiger partial charge in [-0.05, 0) is 38.5 Å². The average Bonchev–Trinajstić information content (AvgIpc) is 2.21. The lowest BCUT2D eigenvalue weighted by atomic mass is 10.0. The summed E-state index contributed by atoms with van der Waals surface area (Å²) in [6.45, 7) is 3.53. The smallest absolute Gasteiger partial charge is 0.319 e. The van der Waals surface area contributed by atoms with Crippen molar-refractivity contribution < 1.29 is 14.3 Å². The van der Waals surface area contributed by atoms with Gasteiger partial charge in [0, 0.05) is 16.6 Å². The first kappa shape index (κ1) is 14.9. The van der Waals surface area contributed by atoms with Gasteiger partial charge in [-0.3, -0.25) is 0 Å². The molecule has 1 rings (SSSR count). The van der Waals surface area contributed by atoms with Crippen molar-refractivity contribution >= 4 is 27.6 Å². The molecule has 0 aromatic heterocycles. The van der Waals surface area contributed by atoms with Gasteiger partial charge in [0.05, 0.1) is 5.69 Å². The number of carbonyl (C=O) groups excluding carboxylic acids is 1. The number of aliphatic hydroxyl groups excluding tert-OH is 1. The van der Waals surface area contributed by atoms with Crippen molar-refractivity contribution in [2.24, 2.45) is 0 Å². The molecule has 0 saturated carbocycles. The monoisotopic (exact) mass is 318 g/mol. The van der Waals surface area contributed by atoms with E-state index >= 15 is 0 Å². The number of rotatable bonds is 4. The molecule has 0 spiro atoms. The molecule has 0 bridgehead atoms. The van der Waals surface area contributed by atoms with Crippen molar-refractivity contribution in [2.75, 3.05) is 11.9 Å². The van der Waals surface area contributed by atoms with Crippen LogP contribution in [0.15, 0.2) is 22.7 Å². The van der Waals surface area contributed by atoms with Crippen LogP contribution in [0.5, 0.6) is 0 Å². The van der Waals surface area contributed by atoms with Crippen molar-refractivity contribution in [3.63, 3.8) is 0 Å². The Balaban J connectivity index is 2.65. The molecule has 0 fully saturated rings. The Morgan fingerprint density at radius 3 is 2.72 bits per heavy atom. The number of aliphatic hydroxyl groups is 1. The maximum atomic E-state index is 13.5. The Labute approximate surface area is 114 Å². The Kier molecular flexibility index (Phi) is 5.10. The molecule has 3 N–H and O–H groups in total. The van der Waals surface area contributed by atoms with Gasteiger partial charge in [-0.1, -0.05) is 15.9 Å². The molecular formula is C12H16BrFN2O2. The van der Waals surface area contributed by atoms with E-state index in [-0.39, 0.29) is 12.3 Å². The van der Waals surface area contributed by atoms with Gasteiger partial charge in [0.15, 0.2) is 0 Å². The van der Waals surface area contributed by atoms with E-state index in [2.05, 4.69) is 26.6 Å². The summed E-state index contributed by atoms with van der Waals surface area (Å²) in [5.41, 5.74) is -0.444. The molecule has 1 aromatic carbocycles. The number of hydrogen-bond acceptors (Lipinski definition) is 2. The predicted molar refractivity (Wildman–Crippen MR) is 72.0 cm³/mol. The molecule has 0 unspecified atom stereocenters. The summed E-state index contributed by atoms with van der Waals surface area (Å²) >= 11 is 3.14. The maximum Gasteiger partial charge on any atom is 0.319 e. The van der Waals surface area contributed by atoms with E-state index in [4.69, 9.17) is 5.11 Å². The second-order valence-electron chi connectivity index (χ2n) is 4.56. The Bertz CT molecular complexity index is 438. The van der Waals surface area contributed by atoms with Crippen molar-refractivity contribution in [2.45, 2.75) is 25.8 Å². The first-order valence-electron chi connectivity index (χ1n) is 5.49. The SMILES string of the molecule is CC(C)(CCO)NC(=O)Nc1ccc(Br)cc1F. The lowest BCUT2D eigenvalue weighted by Crippen LogP contribution is -2.46. The lowest BCUT2D eigenvalue weighted by Gasteiger charge is -2.25. The van der Waals surface area contributed by atoms with Crippen LogP contribution in [-0.4, -0.2) is 23.3 Å². The molecule has 0 atom stereocenters. The van der Waals surface area contributed by atoms with Crippen LogP contribution in [0.25, 0.3) is 0 Å². The van der Waals surface area contributed by atoms with E-state index < -0.39 is 17.4 Å². The topological polar surface area (TPSA) is 61.4 Å². The molecular weight excluding hydrogens is 303 g/mol. The van der Waals surface area contributed by atoms with Crippen LogP contribution < -0.4 is 10.6 Å². The largest absolute Gasteiger partial charge is 0.396 e. The number of anilines is 1. The molecule has 1 aromatic rings. The number of amides is 2. The zero-order valence-electron chi connectivity index (χ0n) is 10.3. The number of urea groups is 1. The molecule has 100 valence electrons. The molecule has 0 aliphatic carbocycles. The zero-order chi connectivity index (χ0) is 13.8. The summed E-state index contributed by atoms with van der Waals surface area (Å²) in [4.78, 5) is 11.7. The molecule has 6 heteroatoms. The van der Waals surface area contributed by atoms with Crippen molar-refractivity contribution in [1.82, 2.24) is 5.32 Å². The first-order valence-corrected chi connectivity index (χ1v) is 6.28. The molecule has 0 radical (unpaired) electrons. The number of hydrogen-bond donors (Lipinski definition) is 3. The molecule has 0 aliphatic rings. The fourth-order valence-corrected chi connectivity index (χ4v) is 1.73. The summed E-state index contributed by atoms with van der Waals surface area (Å²) in [5.74, 6) is -0.514. The third-order valence-electron chi connectivity index (χ3n) is 2.37. The standard InChI is InChI=1S/C12H16BrFN2O2/c1-12(2,5-6-17)16-11(18)15-10-4-3-8(13)7-9(10)14/h3-4,7,17H,5-6H2,1-2H3,(H2,15,16,18). The van der Waals surface area contributed by atoms with Crippen LogP contribution in [0.2, 0.25) is 0 Å². The Morgan fingerprint density at radius 1 is 1.50 bits per heavy atom. The Morgan fingerprint density at radius 2 is 2.17 bits per heavy atom. The highest BCUT2D eigenvalue weighted by Crippen LogP contribution is 2.19. The minimum absolute atomic E-state index is 0.0279.